The first kappa shape index (κ1) is 21.8. The van der Waals surface area contributed by atoms with Crippen molar-refractivity contribution in [3.05, 3.63) is 56.5 Å². The van der Waals surface area contributed by atoms with Gasteiger partial charge < -0.3 is 16.0 Å². The minimum absolute atomic E-state index is 0.174. The van der Waals surface area contributed by atoms with E-state index in [4.69, 9.17) is 0 Å². The van der Waals surface area contributed by atoms with Crippen LogP contribution < -0.4 is 31.1 Å². The highest BCUT2D eigenvalue weighted by Crippen LogP contribution is 2.32. The number of nitrogens with zero attached hydrogens (tertiary/aromatic N) is 3. The van der Waals surface area contributed by atoms with Gasteiger partial charge in [-0.2, -0.15) is 4.98 Å². The van der Waals surface area contributed by atoms with Crippen LogP contribution in [-0.4, -0.2) is 36.7 Å². The van der Waals surface area contributed by atoms with Crippen LogP contribution in [-0.2, 0) is 16.4 Å². The van der Waals surface area contributed by atoms with Crippen LogP contribution in [0.3, 0.4) is 0 Å². The standard InChI is InChI=1S/C21H24N6O4S/c1-21(2,3)26-17-16(18(28)19(17)29)24-15-7-9-22-20(25-15)23-13-5-6-14-12(11-13)8-10-27(14)32(4,30)31/h5-7,9,11,26H,8,10H2,1-4H3,(H2,22,23,24,25). The van der Waals surface area contributed by atoms with Crippen molar-refractivity contribution in [2.45, 2.75) is 32.7 Å². The first-order chi connectivity index (χ1) is 14.9. The molecule has 10 nitrogen and oxygen atoms in total. The minimum atomic E-state index is -3.31. The van der Waals surface area contributed by atoms with Gasteiger partial charge in [0.25, 0.3) is 10.9 Å². The van der Waals surface area contributed by atoms with Gasteiger partial charge in [0.2, 0.25) is 16.0 Å². The minimum Gasteiger partial charge on any atom is -0.375 e. The number of aromatic nitrogens is 2. The van der Waals surface area contributed by atoms with Crippen LogP contribution in [0.1, 0.15) is 26.3 Å². The van der Waals surface area contributed by atoms with E-state index < -0.39 is 20.9 Å². The summed E-state index contributed by atoms with van der Waals surface area (Å²) in [7, 11) is -3.31. The molecule has 4 rings (SSSR count). The van der Waals surface area contributed by atoms with Gasteiger partial charge in [-0.15, -0.1) is 0 Å². The van der Waals surface area contributed by atoms with Crippen molar-refractivity contribution in [3.63, 3.8) is 0 Å². The van der Waals surface area contributed by atoms with Gasteiger partial charge in [0, 0.05) is 24.0 Å². The van der Waals surface area contributed by atoms with E-state index in [1.807, 2.05) is 26.8 Å². The molecule has 1 aromatic heterocycles. The van der Waals surface area contributed by atoms with Crippen molar-refractivity contribution in [2.24, 2.45) is 0 Å². The van der Waals surface area contributed by atoms with E-state index in [9.17, 15) is 18.0 Å². The van der Waals surface area contributed by atoms with Crippen molar-refractivity contribution in [1.29, 1.82) is 0 Å². The summed E-state index contributed by atoms with van der Waals surface area (Å²) in [5.41, 5.74) is 1.18. The topological polar surface area (TPSA) is 133 Å². The van der Waals surface area contributed by atoms with E-state index in [1.54, 1.807) is 18.2 Å². The van der Waals surface area contributed by atoms with Crippen molar-refractivity contribution in [2.75, 3.05) is 33.1 Å². The SMILES string of the molecule is CC(C)(C)Nc1c(Nc2ccnc(Nc3ccc4c(c3)CCN4S(C)(=O)=O)n2)c(=O)c1=O. The molecule has 32 heavy (non-hydrogen) atoms. The van der Waals surface area contributed by atoms with Gasteiger partial charge in [-0.1, -0.05) is 0 Å². The maximum Gasteiger partial charge on any atom is 0.253 e. The summed E-state index contributed by atoms with van der Waals surface area (Å²) in [6, 6.07) is 6.97. The predicted molar refractivity (Wildman–Crippen MR) is 126 cm³/mol. The number of rotatable bonds is 6. The van der Waals surface area contributed by atoms with Gasteiger partial charge in [-0.25, -0.2) is 13.4 Å². The molecule has 3 N–H and O–H groups in total. The molecule has 1 aliphatic rings. The second-order valence-electron chi connectivity index (χ2n) is 8.73. The van der Waals surface area contributed by atoms with E-state index in [0.29, 0.717) is 30.2 Å². The van der Waals surface area contributed by atoms with Crippen molar-refractivity contribution in [3.8, 4) is 0 Å². The number of benzene rings is 1. The molecule has 0 fully saturated rings. The smallest absolute Gasteiger partial charge is 0.253 e. The van der Waals surface area contributed by atoms with Crippen LogP contribution >= 0.6 is 0 Å². The third kappa shape index (κ3) is 4.28. The molecule has 3 aromatic rings. The summed E-state index contributed by atoms with van der Waals surface area (Å²) in [4.78, 5) is 32.5. The number of fused-ring (bicyclic) bond motifs is 1. The molecule has 168 valence electrons. The van der Waals surface area contributed by atoms with Gasteiger partial charge >= 0.3 is 0 Å². The maximum atomic E-state index is 12.0. The Kier molecular flexibility index (Phi) is 5.16. The van der Waals surface area contributed by atoms with Crippen molar-refractivity contribution >= 4 is 44.5 Å². The summed E-state index contributed by atoms with van der Waals surface area (Å²) >= 11 is 0. The normalized spacial score (nSPS) is 13.8. The lowest BCUT2D eigenvalue weighted by atomic mass is 10.1. The summed E-state index contributed by atoms with van der Waals surface area (Å²) in [6.07, 6.45) is 3.34. The monoisotopic (exact) mass is 456 g/mol. The Hall–Kier alpha value is -3.47. The molecule has 2 aromatic carbocycles. The summed E-state index contributed by atoms with van der Waals surface area (Å²) in [5, 5.41) is 9.04. The molecule has 0 bridgehead atoms. The Bertz CT molecular complexity index is 1370. The second kappa shape index (κ2) is 7.59. The van der Waals surface area contributed by atoms with Crippen molar-refractivity contribution < 1.29 is 8.42 Å². The van der Waals surface area contributed by atoms with E-state index in [0.717, 1.165) is 5.56 Å². The largest absolute Gasteiger partial charge is 0.375 e. The molecule has 0 saturated heterocycles. The fourth-order valence-electron chi connectivity index (χ4n) is 3.54. The van der Waals surface area contributed by atoms with E-state index in [2.05, 4.69) is 25.9 Å². The fourth-order valence-corrected chi connectivity index (χ4v) is 4.50. The molecule has 1 aliphatic heterocycles. The predicted octanol–water partition coefficient (Wildman–Crippen LogP) is 2.09. The third-order valence-electron chi connectivity index (χ3n) is 4.91. The number of hydrogen-bond donors (Lipinski definition) is 3. The van der Waals surface area contributed by atoms with Crippen LogP contribution in [0.15, 0.2) is 40.1 Å². The highest BCUT2D eigenvalue weighted by atomic mass is 32.2. The van der Waals surface area contributed by atoms with Crippen LogP contribution in [0.4, 0.5) is 34.5 Å². The van der Waals surface area contributed by atoms with Gasteiger partial charge in [0.15, 0.2) is 0 Å². The first-order valence-electron chi connectivity index (χ1n) is 10.0. The summed E-state index contributed by atoms with van der Waals surface area (Å²) in [5.74, 6) is 0.646. The Morgan fingerprint density at radius 3 is 2.44 bits per heavy atom. The van der Waals surface area contributed by atoms with Gasteiger partial charge in [-0.05, 0) is 57.0 Å². The van der Waals surface area contributed by atoms with Crippen LogP contribution in [0, 0.1) is 0 Å². The Labute approximate surface area is 185 Å². The number of nitrogens with one attached hydrogen (secondary N) is 3. The van der Waals surface area contributed by atoms with Crippen LogP contribution in [0.25, 0.3) is 0 Å². The van der Waals surface area contributed by atoms with Gasteiger partial charge in [0.05, 0.1) is 11.9 Å². The lowest BCUT2D eigenvalue weighted by Crippen LogP contribution is -2.41. The molecular formula is C21H24N6O4S. The Balaban J connectivity index is 1.53. The van der Waals surface area contributed by atoms with Crippen molar-refractivity contribution in [1.82, 2.24) is 9.97 Å². The van der Waals surface area contributed by atoms with E-state index in [1.165, 1.54) is 16.8 Å². The zero-order valence-electron chi connectivity index (χ0n) is 18.2. The second-order valence-corrected chi connectivity index (χ2v) is 10.6. The number of sulfonamides is 1. The molecule has 0 radical (unpaired) electrons. The van der Waals surface area contributed by atoms with E-state index in [-0.39, 0.29) is 22.9 Å². The molecule has 0 amide bonds. The molecule has 11 heteroatoms. The molecule has 0 atom stereocenters. The Morgan fingerprint density at radius 1 is 1.03 bits per heavy atom. The third-order valence-corrected chi connectivity index (χ3v) is 6.09. The maximum absolute atomic E-state index is 12.0. The zero-order valence-corrected chi connectivity index (χ0v) is 19.0. The fraction of sp³-hybridized carbons (Fsp3) is 0.333. The molecule has 0 unspecified atom stereocenters. The summed E-state index contributed by atoms with van der Waals surface area (Å²) < 4.78 is 25.2. The quantitative estimate of drug-likeness (QED) is 0.477. The highest BCUT2D eigenvalue weighted by Gasteiger charge is 2.27. The van der Waals surface area contributed by atoms with Gasteiger partial charge in [0.1, 0.15) is 17.2 Å². The number of hydrogen-bond acceptors (Lipinski definition) is 9. The lowest BCUT2D eigenvalue weighted by molar-refractivity contribution is 0.598. The average Bonchev–Trinajstić information content (AvgIpc) is 3.13. The molecule has 0 aliphatic carbocycles. The van der Waals surface area contributed by atoms with E-state index >= 15 is 0 Å². The molecule has 2 heterocycles. The first-order valence-corrected chi connectivity index (χ1v) is 11.9. The molecule has 0 spiro atoms. The number of anilines is 6. The molecular weight excluding hydrogens is 432 g/mol. The van der Waals surface area contributed by atoms with Gasteiger partial charge in [-0.3, -0.25) is 13.9 Å². The summed E-state index contributed by atoms with van der Waals surface area (Å²) in [6.45, 7) is 6.10. The molecule has 0 saturated carbocycles. The zero-order chi connectivity index (χ0) is 23.3. The van der Waals surface area contributed by atoms with Crippen LogP contribution in [0.2, 0.25) is 0 Å². The van der Waals surface area contributed by atoms with Crippen LogP contribution in [0.5, 0.6) is 0 Å². The Morgan fingerprint density at radius 2 is 1.75 bits per heavy atom. The average molecular weight is 457 g/mol. The highest BCUT2D eigenvalue weighted by molar-refractivity contribution is 7.92. The lowest BCUT2D eigenvalue weighted by Gasteiger charge is -2.24.